The highest BCUT2D eigenvalue weighted by Crippen LogP contribution is 2.43. The van der Waals surface area contributed by atoms with Gasteiger partial charge in [-0.3, -0.25) is 14.5 Å². The number of hydrogen-bond acceptors (Lipinski definition) is 3. The fourth-order valence-electron chi connectivity index (χ4n) is 3.98. The van der Waals surface area contributed by atoms with Gasteiger partial charge in [-0.1, -0.05) is 65.2 Å². The molecule has 3 aromatic carbocycles. The van der Waals surface area contributed by atoms with Crippen LogP contribution in [0.2, 0.25) is 10.0 Å². The van der Waals surface area contributed by atoms with Gasteiger partial charge in [-0.25, -0.2) is 0 Å². The molecule has 0 aliphatic carbocycles. The van der Waals surface area contributed by atoms with Crippen molar-refractivity contribution in [2.75, 3.05) is 4.90 Å². The van der Waals surface area contributed by atoms with Crippen molar-refractivity contribution in [3.05, 3.63) is 104 Å². The normalized spacial score (nSPS) is 17.8. The van der Waals surface area contributed by atoms with Gasteiger partial charge in [-0.05, 0) is 61.7 Å². The van der Waals surface area contributed by atoms with Crippen molar-refractivity contribution < 1.29 is 14.7 Å². The Bertz CT molecular complexity index is 1280. The number of carbonyl (C=O) groups is 2. The van der Waals surface area contributed by atoms with E-state index in [4.69, 9.17) is 23.2 Å². The van der Waals surface area contributed by atoms with Crippen LogP contribution >= 0.6 is 23.2 Å². The van der Waals surface area contributed by atoms with Crippen molar-refractivity contribution in [2.24, 2.45) is 0 Å². The van der Waals surface area contributed by atoms with Crippen LogP contribution in [0, 0.1) is 20.8 Å². The van der Waals surface area contributed by atoms with Gasteiger partial charge in [-0.2, -0.15) is 0 Å². The Hall–Kier alpha value is -3.08. The molecule has 0 bridgehead atoms. The smallest absolute Gasteiger partial charge is 0.300 e. The fourth-order valence-corrected chi connectivity index (χ4v) is 4.49. The zero-order valence-electron chi connectivity index (χ0n) is 17.8. The summed E-state index contributed by atoms with van der Waals surface area (Å²) in [4.78, 5) is 27.8. The molecular formula is C26H21Cl2NO3. The Kier molecular flexibility index (Phi) is 5.85. The first-order chi connectivity index (χ1) is 15.2. The molecule has 32 heavy (non-hydrogen) atoms. The molecule has 1 N–H and O–H groups in total. The summed E-state index contributed by atoms with van der Waals surface area (Å²) in [5.74, 6) is -1.72. The maximum Gasteiger partial charge on any atom is 0.300 e. The lowest BCUT2D eigenvalue weighted by Crippen LogP contribution is -2.29. The first-order valence-corrected chi connectivity index (χ1v) is 10.8. The van der Waals surface area contributed by atoms with Gasteiger partial charge >= 0.3 is 0 Å². The molecule has 4 rings (SSSR count). The summed E-state index contributed by atoms with van der Waals surface area (Å²) in [7, 11) is 0. The fraction of sp³-hybridized carbons (Fsp3) is 0.154. The van der Waals surface area contributed by atoms with E-state index in [1.165, 1.54) is 4.90 Å². The second-order valence-electron chi connectivity index (χ2n) is 8.01. The quantitative estimate of drug-likeness (QED) is 0.271. The highest BCUT2D eigenvalue weighted by molar-refractivity contribution is 6.52. The molecule has 1 aliphatic heterocycles. The standard InChI is InChI=1S/C26H21Cl2NO3/c1-14-5-4-6-17(9-14)23-22(24(30)18-8-7-15(2)16(3)10-18)25(31)26(32)29(23)21-12-19(27)11-20(28)13-21/h4-13,23,30H,1-3H3/b24-22+. The second kappa shape index (κ2) is 8.45. The van der Waals surface area contributed by atoms with Crippen LogP contribution in [0.5, 0.6) is 0 Å². The summed E-state index contributed by atoms with van der Waals surface area (Å²) in [5, 5.41) is 11.9. The van der Waals surface area contributed by atoms with E-state index in [1.54, 1.807) is 24.3 Å². The van der Waals surface area contributed by atoms with Crippen molar-refractivity contribution in [3.8, 4) is 0 Å². The molecule has 1 aliphatic rings. The molecule has 1 heterocycles. The second-order valence-corrected chi connectivity index (χ2v) is 8.88. The number of aryl methyl sites for hydroxylation is 3. The third-order valence-electron chi connectivity index (χ3n) is 5.71. The molecule has 6 heteroatoms. The Morgan fingerprint density at radius 1 is 0.875 bits per heavy atom. The SMILES string of the molecule is Cc1cccc(C2/C(=C(\O)c3ccc(C)c(C)c3)C(=O)C(=O)N2c2cc(Cl)cc(Cl)c2)c1. The van der Waals surface area contributed by atoms with E-state index >= 15 is 0 Å². The van der Waals surface area contributed by atoms with Crippen LogP contribution in [-0.4, -0.2) is 16.8 Å². The summed E-state index contributed by atoms with van der Waals surface area (Å²) in [6, 6.07) is 16.8. The Labute approximate surface area is 196 Å². The van der Waals surface area contributed by atoms with Crippen LogP contribution in [-0.2, 0) is 9.59 Å². The lowest BCUT2D eigenvalue weighted by Gasteiger charge is -2.26. The van der Waals surface area contributed by atoms with E-state index in [0.29, 0.717) is 26.9 Å². The van der Waals surface area contributed by atoms with Crippen LogP contribution < -0.4 is 4.90 Å². The summed E-state index contributed by atoms with van der Waals surface area (Å²) in [6.45, 7) is 5.82. The number of hydrogen-bond donors (Lipinski definition) is 1. The molecule has 1 fully saturated rings. The molecule has 0 saturated carbocycles. The average Bonchev–Trinajstić information content (AvgIpc) is 3.00. The number of carbonyl (C=O) groups excluding carboxylic acids is 2. The van der Waals surface area contributed by atoms with Crippen molar-refractivity contribution in [1.82, 2.24) is 0 Å². The van der Waals surface area contributed by atoms with Crippen molar-refractivity contribution in [2.45, 2.75) is 26.8 Å². The molecule has 4 nitrogen and oxygen atoms in total. The third-order valence-corrected chi connectivity index (χ3v) is 6.14. The molecule has 162 valence electrons. The third kappa shape index (κ3) is 3.92. The summed E-state index contributed by atoms with van der Waals surface area (Å²) < 4.78 is 0. The van der Waals surface area contributed by atoms with Crippen LogP contribution in [0.3, 0.4) is 0 Å². The zero-order chi connectivity index (χ0) is 23.2. The van der Waals surface area contributed by atoms with Crippen LogP contribution in [0.4, 0.5) is 5.69 Å². The van der Waals surface area contributed by atoms with Gasteiger partial charge in [0.25, 0.3) is 11.7 Å². The predicted octanol–water partition coefficient (Wildman–Crippen LogP) is 6.54. The van der Waals surface area contributed by atoms with Crippen LogP contribution in [0.1, 0.15) is 33.9 Å². The number of ketones is 1. The summed E-state index contributed by atoms with van der Waals surface area (Å²) in [6.07, 6.45) is 0. The monoisotopic (exact) mass is 465 g/mol. The molecule has 1 saturated heterocycles. The van der Waals surface area contributed by atoms with Gasteiger partial charge in [0.2, 0.25) is 0 Å². The number of halogens is 2. The maximum absolute atomic E-state index is 13.2. The van der Waals surface area contributed by atoms with Gasteiger partial charge < -0.3 is 5.11 Å². The number of aliphatic hydroxyl groups is 1. The number of Topliss-reactive ketones (excluding diaryl/α,β-unsaturated/α-hetero) is 1. The van der Waals surface area contributed by atoms with E-state index in [9.17, 15) is 14.7 Å². The number of amides is 1. The maximum atomic E-state index is 13.2. The van der Waals surface area contributed by atoms with Gasteiger partial charge in [0.1, 0.15) is 5.76 Å². The molecule has 0 radical (unpaired) electrons. The van der Waals surface area contributed by atoms with Crippen molar-refractivity contribution in [1.29, 1.82) is 0 Å². The molecule has 0 aromatic heterocycles. The minimum atomic E-state index is -0.828. The van der Waals surface area contributed by atoms with E-state index < -0.39 is 17.7 Å². The van der Waals surface area contributed by atoms with E-state index in [0.717, 1.165) is 16.7 Å². The van der Waals surface area contributed by atoms with Crippen LogP contribution in [0.25, 0.3) is 5.76 Å². The molecule has 3 aromatic rings. The minimum Gasteiger partial charge on any atom is -0.507 e. The van der Waals surface area contributed by atoms with E-state index in [2.05, 4.69) is 0 Å². The Morgan fingerprint density at radius 2 is 1.56 bits per heavy atom. The van der Waals surface area contributed by atoms with Gasteiger partial charge in [0, 0.05) is 21.3 Å². The lowest BCUT2D eigenvalue weighted by atomic mass is 9.93. The molecule has 1 unspecified atom stereocenters. The first-order valence-electron chi connectivity index (χ1n) is 10.1. The van der Waals surface area contributed by atoms with Gasteiger partial charge in [0.05, 0.1) is 11.6 Å². The number of benzene rings is 3. The molecule has 1 amide bonds. The van der Waals surface area contributed by atoms with Gasteiger partial charge in [-0.15, -0.1) is 0 Å². The Balaban J connectivity index is 1.99. The molecular weight excluding hydrogens is 445 g/mol. The van der Waals surface area contributed by atoms with Crippen molar-refractivity contribution in [3.63, 3.8) is 0 Å². The number of aliphatic hydroxyl groups excluding tert-OH is 1. The number of anilines is 1. The predicted molar refractivity (Wildman–Crippen MR) is 128 cm³/mol. The minimum absolute atomic E-state index is 0.0277. The highest BCUT2D eigenvalue weighted by atomic mass is 35.5. The first kappa shape index (κ1) is 22.1. The van der Waals surface area contributed by atoms with E-state index in [1.807, 2.05) is 57.2 Å². The number of rotatable bonds is 3. The lowest BCUT2D eigenvalue weighted by molar-refractivity contribution is -0.132. The molecule has 0 spiro atoms. The zero-order valence-corrected chi connectivity index (χ0v) is 19.3. The largest absolute Gasteiger partial charge is 0.507 e. The van der Waals surface area contributed by atoms with Gasteiger partial charge in [0.15, 0.2) is 0 Å². The van der Waals surface area contributed by atoms with Crippen LogP contribution in [0.15, 0.2) is 66.2 Å². The average molecular weight is 466 g/mol. The van der Waals surface area contributed by atoms with E-state index in [-0.39, 0.29) is 11.3 Å². The highest BCUT2D eigenvalue weighted by Gasteiger charge is 2.47. The van der Waals surface area contributed by atoms with Crippen molar-refractivity contribution >= 4 is 46.3 Å². The number of nitrogens with zero attached hydrogens (tertiary/aromatic N) is 1. The summed E-state index contributed by atoms with van der Waals surface area (Å²) >= 11 is 12.4. The summed E-state index contributed by atoms with van der Waals surface area (Å²) in [5.41, 5.74) is 4.58. The topological polar surface area (TPSA) is 57.6 Å². The molecule has 1 atom stereocenters. The Morgan fingerprint density at radius 3 is 2.19 bits per heavy atom.